The third kappa shape index (κ3) is 4.96. The molecular weight excluding hydrogens is 631 g/mol. The molecule has 0 bridgehead atoms. The summed E-state index contributed by atoms with van der Waals surface area (Å²) in [5.74, 6) is 0. The molecule has 0 atom stereocenters. The fourth-order valence-corrected chi connectivity index (χ4v) is 7.94. The van der Waals surface area contributed by atoms with Crippen molar-refractivity contribution in [2.24, 2.45) is 0 Å². The summed E-state index contributed by atoms with van der Waals surface area (Å²) in [6.45, 7) is 0. The van der Waals surface area contributed by atoms with Crippen LogP contribution in [-0.4, -0.2) is 0 Å². The molecule has 0 aliphatic heterocycles. The Bertz CT molecular complexity index is 2850. The second-order valence-corrected chi connectivity index (χ2v) is 13.3. The van der Waals surface area contributed by atoms with Crippen LogP contribution in [0.1, 0.15) is 0 Å². The molecule has 10 aromatic rings. The minimum Gasteiger partial charge on any atom is -0.455 e. The largest absolute Gasteiger partial charge is 0.455 e. The highest BCUT2D eigenvalue weighted by Crippen LogP contribution is 2.45. The Kier molecular flexibility index (Phi) is 7.18. The fourth-order valence-electron chi connectivity index (χ4n) is 7.94. The Morgan fingerprint density at radius 2 is 0.712 bits per heavy atom. The van der Waals surface area contributed by atoms with Gasteiger partial charge in [-0.05, 0) is 67.6 Å². The number of nitrogens with one attached hydrogen (secondary N) is 1. The van der Waals surface area contributed by atoms with Crippen molar-refractivity contribution >= 4 is 54.9 Å². The van der Waals surface area contributed by atoms with Gasteiger partial charge in [0.25, 0.3) is 0 Å². The summed E-state index contributed by atoms with van der Waals surface area (Å²) < 4.78 is 6.77. The predicted octanol–water partition coefficient (Wildman–Crippen LogP) is 14.3. The van der Waals surface area contributed by atoms with Crippen molar-refractivity contribution in [3.8, 4) is 44.5 Å². The van der Waals surface area contributed by atoms with Crippen LogP contribution in [0.25, 0.3) is 88.0 Å². The highest BCUT2D eigenvalue weighted by molar-refractivity contribution is 6.21. The van der Waals surface area contributed by atoms with Gasteiger partial charge in [-0.3, -0.25) is 0 Å². The van der Waals surface area contributed by atoms with Crippen LogP contribution in [0, 0.1) is 0 Å². The van der Waals surface area contributed by atoms with Gasteiger partial charge >= 0.3 is 0 Å². The van der Waals surface area contributed by atoms with Crippen molar-refractivity contribution in [3.05, 3.63) is 194 Å². The maximum Gasteiger partial charge on any atom is 0.143 e. The Morgan fingerprint density at radius 3 is 1.31 bits per heavy atom. The second-order valence-electron chi connectivity index (χ2n) is 13.3. The van der Waals surface area contributed by atoms with Crippen LogP contribution in [0.2, 0.25) is 0 Å². The lowest BCUT2D eigenvalue weighted by Gasteiger charge is -2.18. The van der Waals surface area contributed by atoms with Crippen molar-refractivity contribution in [1.82, 2.24) is 0 Å². The quantitative estimate of drug-likeness (QED) is 0.179. The molecule has 0 radical (unpaired) electrons. The van der Waals surface area contributed by atoms with E-state index in [1.807, 2.05) is 6.07 Å². The molecule has 52 heavy (non-hydrogen) atoms. The van der Waals surface area contributed by atoms with Gasteiger partial charge in [0.15, 0.2) is 0 Å². The molecule has 1 N–H and O–H groups in total. The van der Waals surface area contributed by atoms with Gasteiger partial charge in [-0.1, -0.05) is 176 Å². The Morgan fingerprint density at radius 1 is 0.288 bits per heavy atom. The Balaban J connectivity index is 1.05. The summed E-state index contributed by atoms with van der Waals surface area (Å²) in [6, 6.07) is 69.0. The molecule has 0 fully saturated rings. The van der Waals surface area contributed by atoms with E-state index in [1.165, 1.54) is 43.8 Å². The number of furan rings is 1. The van der Waals surface area contributed by atoms with Gasteiger partial charge in [0.1, 0.15) is 11.2 Å². The van der Waals surface area contributed by atoms with E-state index in [4.69, 9.17) is 4.42 Å². The Labute approximate surface area is 302 Å². The zero-order valence-electron chi connectivity index (χ0n) is 28.4. The van der Waals surface area contributed by atoms with Gasteiger partial charge in [0.2, 0.25) is 0 Å². The molecule has 9 aromatic carbocycles. The first kappa shape index (κ1) is 30.0. The molecule has 0 amide bonds. The van der Waals surface area contributed by atoms with Crippen molar-refractivity contribution in [1.29, 1.82) is 0 Å². The van der Waals surface area contributed by atoms with Crippen molar-refractivity contribution < 1.29 is 4.42 Å². The molecular formula is C50H33NO. The monoisotopic (exact) mass is 663 g/mol. The summed E-state index contributed by atoms with van der Waals surface area (Å²) in [7, 11) is 0. The molecule has 2 heteroatoms. The number of hydrogen-bond donors (Lipinski definition) is 1. The lowest BCUT2D eigenvalue weighted by Crippen LogP contribution is -1.94. The zero-order chi connectivity index (χ0) is 34.4. The number of para-hydroxylation sites is 3. The van der Waals surface area contributed by atoms with Crippen LogP contribution in [0.3, 0.4) is 0 Å². The smallest absolute Gasteiger partial charge is 0.143 e. The van der Waals surface area contributed by atoms with Gasteiger partial charge in [-0.25, -0.2) is 0 Å². The van der Waals surface area contributed by atoms with Crippen molar-refractivity contribution in [2.45, 2.75) is 0 Å². The van der Waals surface area contributed by atoms with E-state index in [0.29, 0.717) is 0 Å². The average molecular weight is 664 g/mol. The summed E-state index contributed by atoms with van der Waals surface area (Å²) in [5.41, 5.74) is 13.2. The first-order chi connectivity index (χ1) is 25.8. The van der Waals surface area contributed by atoms with Crippen LogP contribution in [0.15, 0.2) is 199 Å². The van der Waals surface area contributed by atoms with E-state index >= 15 is 0 Å². The summed E-state index contributed by atoms with van der Waals surface area (Å²) in [5, 5.41) is 11.0. The van der Waals surface area contributed by atoms with E-state index in [-0.39, 0.29) is 0 Å². The van der Waals surface area contributed by atoms with Crippen LogP contribution < -0.4 is 5.32 Å². The number of hydrogen-bond acceptors (Lipinski definition) is 2. The maximum absolute atomic E-state index is 6.77. The summed E-state index contributed by atoms with van der Waals surface area (Å²) in [6.07, 6.45) is 0. The molecule has 0 aliphatic carbocycles. The number of fused-ring (bicyclic) bond motifs is 5. The van der Waals surface area contributed by atoms with Crippen LogP contribution in [0.5, 0.6) is 0 Å². The standard InChI is InChI=1S/C50H33NO/c1-3-15-33(16-4-1)37-24-13-26-44-45-27-14-25-43(50(45)52-49(37)44)38-19-11-12-28-46(38)51-36-31-29-35(30-32-36)48-41-22-9-7-20-39(41)47(34-17-5-2-6-18-34)40-21-8-10-23-42(40)48/h1-32,51H. The Hall–Kier alpha value is -6.90. The molecule has 1 heterocycles. The minimum absolute atomic E-state index is 0.892. The van der Waals surface area contributed by atoms with E-state index < -0.39 is 0 Å². The lowest BCUT2D eigenvalue weighted by molar-refractivity contribution is 0.671. The SMILES string of the molecule is c1ccc(-c2c3ccccc3c(-c3ccc(Nc4ccccc4-c4cccc5c4oc4c(-c6ccccc6)cccc45)cc3)c3ccccc23)cc1. The summed E-state index contributed by atoms with van der Waals surface area (Å²) >= 11 is 0. The van der Waals surface area contributed by atoms with E-state index in [2.05, 4.69) is 193 Å². The van der Waals surface area contributed by atoms with E-state index in [9.17, 15) is 0 Å². The highest BCUT2D eigenvalue weighted by atomic mass is 16.3. The van der Waals surface area contributed by atoms with Crippen LogP contribution in [-0.2, 0) is 0 Å². The average Bonchev–Trinajstić information content (AvgIpc) is 3.61. The molecule has 0 spiro atoms. The van der Waals surface area contributed by atoms with Gasteiger partial charge in [-0.15, -0.1) is 0 Å². The topological polar surface area (TPSA) is 25.2 Å². The minimum atomic E-state index is 0.892. The van der Waals surface area contributed by atoms with Gasteiger partial charge in [0, 0.05) is 38.8 Å². The number of anilines is 2. The van der Waals surface area contributed by atoms with Gasteiger partial charge < -0.3 is 9.73 Å². The first-order valence-electron chi connectivity index (χ1n) is 17.8. The second kappa shape index (κ2) is 12.5. The maximum atomic E-state index is 6.77. The van der Waals surface area contributed by atoms with E-state index in [1.54, 1.807) is 0 Å². The number of rotatable bonds is 6. The predicted molar refractivity (Wildman–Crippen MR) is 220 cm³/mol. The third-order valence-electron chi connectivity index (χ3n) is 10.3. The molecule has 0 unspecified atom stereocenters. The fraction of sp³-hybridized carbons (Fsp3) is 0. The van der Waals surface area contributed by atoms with E-state index in [0.717, 1.165) is 55.6 Å². The molecule has 1 aromatic heterocycles. The normalized spacial score (nSPS) is 11.5. The molecule has 244 valence electrons. The molecule has 2 nitrogen and oxygen atoms in total. The highest BCUT2D eigenvalue weighted by Gasteiger charge is 2.18. The van der Waals surface area contributed by atoms with Crippen LogP contribution in [0.4, 0.5) is 11.4 Å². The van der Waals surface area contributed by atoms with Crippen LogP contribution >= 0.6 is 0 Å². The first-order valence-corrected chi connectivity index (χ1v) is 17.8. The van der Waals surface area contributed by atoms with Crippen molar-refractivity contribution in [3.63, 3.8) is 0 Å². The zero-order valence-corrected chi connectivity index (χ0v) is 28.4. The van der Waals surface area contributed by atoms with Gasteiger partial charge in [-0.2, -0.15) is 0 Å². The van der Waals surface area contributed by atoms with Gasteiger partial charge in [0.05, 0.1) is 0 Å². The summed E-state index contributed by atoms with van der Waals surface area (Å²) in [4.78, 5) is 0. The van der Waals surface area contributed by atoms with Crippen molar-refractivity contribution in [2.75, 3.05) is 5.32 Å². The lowest BCUT2D eigenvalue weighted by atomic mass is 9.86. The molecule has 0 aliphatic rings. The molecule has 10 rings (SSSR count). The molecule has 0 saturated heterocycles. The third-order valence-corrected chi connectivity index (χ3v) is 10.3. The molecule has 0 saturated carbocycles. The number of benzene rings is 9.